The van der Waals surface area contributed by atoms with Crippen molar-refractivity contribution < 1.29 is 18.7 Å². The smallest absolute Gasteiger partial charge is 0.290 e. The lowest BCUT2D eigenvalue weighted by Crippen LogP contribution is -2.45. The van der Waals surface area contributed by atoms with E-state index in [0.29, 0.717) is 38.0 Å². The molecule has 1 aromatic carbocycles. The molecule has 0 bridgehead atoms. The number of aryl methyl sites for hydroxylation is 1. The molecule has 6 nitrogen and oxygen atoms in total. The predicted molar refractivity (Wildman–Crippen MR) is 104 cm³/mol. The van der Waals surface area contributed by atoms with Crippen LogP contribution in [0.5, 0.6) is 0 Å². The van der Waals surface area contributed by atoms with Crippen molar-refractivity contribution in [2.24, 2.45) is 11.3 Å². The number of hydrogen-bond donors (Lipinski definition) is 1. The molecule has 3 fully saturated rings. The molecule has 2 aliphatic heterocycles. The first kappa shape index (κ1) is 17.7. The summed E-state index contributed by atoms with van der Waals surface area (Å²) in [6.45, 7) is 4.49. The summed E-state index contributed by atoms with van der Waals surface area (Å²) >= 11 is 0. The first-order valence-corrected chi connectivity index (χ1v) is 10.3. The van der Waals surface area contributed by atoms with Gasteiger partial charge < -0.3 is 19.4 Å². The topological polar surface area (TPSA) is 71.8 Å². The van der Waals surface area contributed by atoms with E-state index >= 15 is 0 Å². The maximum absolute atomic E-state index is 13.3. The molecule has 0 unspecified atom stereocenters. The average molecular weight is 382 g/mol. The Morgan fingerprint density at radius 1 is 1.32 bits per heavy atom. The molecule has 5 rings (SSSR count). The summed E-state index contributed by atoms with van der Waals surface area (Å²) in [6.07, 6.45) is 3.54. The van der Waals surface area contributed by atoms with Crippen LogP contribution in [-0.4, -0.2) is 49.1 Å². The highest BCUT2D eigenvalue weighted by Crippen LogP contribution is 2.56. The maximum Gasteiger partial charge on any atom is 0.290 e. The van der Waals surface area contributed by atoms with Gasteiger partial charge in [0.15, 0.2) is 5.76 Å². The SMILES string of the molecule is CCc1c(C(=O)N2CCC[C@@H]2CNC(=O)[C@@]23COC[C@@H]2C3)oc2ccccc12. The third-order valence-corrected chi connectivity index (χ3v) is 6.75. The molecule has 1 saturated carbocycles. The van der Waals surface area contributed by atoms with E-state index in [2.05, 4.69) is 5.32 Å². The molecular weight excluding hydrogens is 356 g/mol. The van der Waals surface area contributed by atoms with Gasteiger partial charge in [-0.1, -0.05) is 25.1 Å². The molecule has 0 radical (unpaired) electrons. The Morgan fingerprint density at radius 2 is 2.18 bits per heavy atom. The van der Waals surface area contributed by atoms with Crippen LogP contribution in [-0.2, 0) is 16.0 Å². The highest BCUT2D eigenvalue weighted by Gasteiger charge is 2.63. The molecule has 2 aromatic rings. The molecule has 148 valence electrons. The number of carbonyl (C=O) groups excluding carboxylic acids is 2. The van der Waals surface area contributed by atoms with Crippen LogP contribution in [0.1, 0.15) is 42.3 Å². The number of carbonyl (C=O) groups is 2. The first-order chi connectivity index (χ1) is 13.6. The van der Waals surface area contributed by atoms with E-state index in [1.165, 1.54) is 0 Å². The van der Waals surface area contributed by atoms with E-state index in [1.807, 2.05) is 36.1 Å². The maximum atomic E-state index is 13.3. The van der Waals surface area contributed by atoms with Crippen LogP contribution in [0, 0.1) is 11.3 Å². The highest BCUT2D eigenvalue weighted by molar-refractivity contribution is 5.99. The molecule has 2 amide bonds. The Labute approximate surface area is 164 Å². The van der Waals surface area contributed by atoms with Gasteiger partial charge in [0.05, 0.1) is 18.6 Å². The Bertz CT molecular complexity index is 936. The number of furan rings is 1. The van der Waals surface area contributed by atoms with Crippen molar-refractivity contribution in [3.63, 3.8) is 0 Å². The van der Waals surface area contributed by atoms with Gasteiger partial charge in [-0.3, -0.25) is 9.59 Å². The zero-order valence-corrected chi connectivity index (χ0v) is 16.2. The third-order valence-electron chi connectivity index (χ3n) is 6.75. The van der Waals surface area contributed by atoms with Gasteiger partial charge in [-0.25, -0.2) is 0 Å². The van der Waals surface area contributed by atoms with E-state index in [9.17, 15) is 9.59 Å². The van der Waals surface area contributed by atoms with E-state index < -0.39 is 0 Å². The number of nitrogens with zero attached hydrogens (tertiary/aromatic N) is 1. The van der Waals surface area contributed by atoms with Gasteiger partial charge in [-0.05, 0) is 31.7 Å². The number of hydrogen-bond acceptors (Lipinski definition) is 4. The van der Waals surface area contributed by atoms with Crippen molar-refractivity contribution in [3.8, 4) is 0 Å². The van der Waals surface area contributed by atoms with Crippen LogP contribution in [0.2, 0.25) is 0 Å². The Hall–Kier alpha value is -2.34. The molecule has 2 saturated heterocycles. The lowest BCUT2D eigenvalue weighted by molar-refractivity contribution is -0.127. The van der Waals surface area contributed by atoms with Crippen molar-refractivity contribution >= 4 is 22.8 Å². The molecule has 1 aromatic heterocycles. The quantitative estimate of drug-likeness (QED) is 0.863. The normalized spacial score (nSPS) is 28.5. The minimum atomic E-state index is -0.290. The molecule has 3 atom stereocenters. The van der Waals surface area contributed by atoms with Gasteiger partial charge in [0.25, 0.3) is 5.91 Å². The molecular formula is C22H26N2O4. The zero-order valence-electron chi connectivity index (χ0n) is 16.2. The van der Waals surface area contributed by atoms with E-state index in [4.69, 9.17) is 9.15 Å². The van der Waals surface area contributed by atoms with Crippen LogP contribution >= 0.6 is 0 Å². The fraction of sp³-hybridized carbons (Fsp3) is 0.545. The van der Waals surface area contributed by atoms with Crippen molar-refractivity contribution in [2.45, 2.75) is 38.6 Å². The van der Waals surface area contributed by atoms with Crippen LogP contribution in [0.3, 0.4) is 0 Å². The minimum Gasteiger partial charge on any atom is -0.451 e. The Kier molecular flexibility index (Phi) is 4.19. The number of benzene rings is 1. The van der Waals surface area contributed by atoms with Crippen molar-refractivity contribution in [1.82, 2.24) is 10.2 Å². The molecule has 3 aliphatic rings. The largest absolute Gasteiger partial charge is 0.451 e. The summed E-state index contributed by atoms with van der Waals surface area (Å²) in [5, 5.41) is 4.11. The van der Waals surface area contributed by atoms with E-state index in [0.717, 1.165) is 42.2 Å². The van der Waals surface area contributed by atoms with Crippen molar-refractivity contribution in [2.75, 3.05) is 26.3 Å². The second-order valence-corrected chi connectivity index (χ2v) is 8.34. The summed E-state index contributed by atoms with van der Waals surface area (Å²) in [5.41, 5.74) is 1.44. The Balaban J connectivity index is 1.31. The number of amides is 2. The van der Waals surface area contributed by atoms with Crippen LogP contribution in [0.15, 0.2) is 28.7 Å². The third kappa shape index (κ3) is 2.65. The average Bonchev–Trinajstić information content (AvgIpc) is 3.11. The monoisotopic (exact) mass is 382 g/mol. The zero-order chi connectivity index (χ0) is 19.3. The standard InChI is InChI=1S/C22H26N2O4/c1-2-16-17-7-3-4-8-18(17)28-19(16)20(25)24-9-5-6-15(24)11-23-21(26)22-10-14(22)12-27-13-22/h3-4,7-8,14-15H,2,5-6,9-13H2,1H3,(H,23,26)/t14-,15+,22-/m0/s1. The molecule has 6 heteroatoms. The summed E-state index contributed by atoms with van der Waals surface area (Å²) in [4.78, 5) is 27.8. The van der Waals surface area contributed by atoms with Crippen LogP contribution in [0.25, 0.3) is 11.0 Å². The molecule has 1 N–H and O–H groups in total. The fourth-order valence-electron chi connectivity index (χ4n) is 4.96. The summed E-state index contributed by atoms with van der Waals surface area (Å²) < 4.78 is 11.4. The molecule has 1 aliphatic carbocycles. The summed E-state index contributed by atoms with van der Waals surface area (Å²) in [7, 11) is 0. The molecule has 0 spiro atoms. The van der Waals surface area contributed by atoms with Gasteiger partial charge in [0, 0.05) is 36.0 Å². The number of para-hydroxylation sites is 1. The van der Waals surface area contributed by atoms with E-state index in [1.54, 1.807) is 0 Å². The Morgan fingerprint density at radius 3 is 2.93 bits per heavy atom. The van der Waals surface area contributed by atoms with Crippen LogP contribution < -0.4 is 5.32 Å². The number of ether oxygens (including phenoxy) is 1. The van der Waals surface area contributed by atoms with Crippen molar-refractivity contribution in [1.29, 1.82) is 0 Å². The van der Waals surface area contributed by atoms with Crippen LogP contribution in [0.4, 0.5) is 0 Å². The summed E-state index contributed by atoms with van der Waals surface area (Å²) in [5.74, 6) is 0.868. The first-order valence-electron chi connectivity index (χ1n) is 10.3. The van der Waals surface area contributed by atoms with Gasteiger partial charge >= 0.3 is 0 Å². The second-order valence-electron chi connectivity index (χ2n) is 8.34. The molecule has 28 heavy (non-hydrogen) atoms. The van der Waals surface area contributed by atoms with Gasteiger partial charge in [0.1, 0.15) is 5.58 Å². The minimum absolute atomic E-state index is 0.0188. The second kappa shape index (κ2) is 6.62. The lowest BCUT2D eigenvalue weighted by atomic mass is 10.1. The fourth-order valence-corrected chi connectivity index (χ4v) is 4.96. The number of nitrogens with one attached hydrogen (secondary N) is 1. The predicted octanol–water partition coefficient (Wildman–Crippen LogP) is 2.75. The van der Waals surface area contributed by atoms with Gasteiger partial charge in [-0.15, -0.1) is 0 Å². The number of fused-ring (bicyclic) bond motifs is 2. The van der Waals surface area contributed by atoms with E-state index in [-0.39, 0.29) is 23.3 Å². The highest BCUT2D eigenvalue weighted by atomic mass is 16.5. The van der Waals surface area contributed by atoms with Crippen molar-refractivity contribution in [3.05, 3.63) is 35.6 Å². The summed E-state index contributed by atoms with van der Waals surface area (Å²) in [6, 6.07) is 7.82. The molecule has 3 heterocycles. The lowest BCUT2D eigenvalue weighted by Gasteiger charge is -2.25. The number of rotatable bonds is 5. The van der Waals surface area contributed by atoms with Gasteiger partial charge in [-0.2, -0.15) is 0 Å². The number of likely N-dealkylation sites (tertiary alicyclic amines) is 1. The van der Waals surface area contributed by atoms with Gasteiger partial charge in [0.2, 0.25) is 5.91 Å².